The zero-order valence-electron chi connectivity index (χ0n) is 12.8. The Kier molecular flexibility index (Phi) is 5.55. The van der Waals surface area contributed by atoms with Crippen LogP contribution in [0.25, 0.3) is 0 Å². The molecular weight excluding hydrogens is 282 g/mol. The van der Waals surface area contributed by atoms with Gasteiger partial charge in [-0.3, -0.25) is 4.79 Å². The zero-order chi connectivity index (χ0) is 15.9. The number of phenols is 1. The number of rotatable bonds is 7. The summed E-state index contributed by atoms with van der Waals surface area (Å²) in [4.78, 5) is 16.3. The summed E-state index contributed by atoms with van der Waals surface area (Å²) in [6.07, 6.45) is 3.46. The van der Waals surface area contributed by atoms with Gasteiger partial charge in [0.15, 0.2) is 0 Å². The fourth-order valence-electron chi connectivity index (χ4n) is 2.13. The van der Waals surface area contributed by atoms with Gasteiger partial charge in [-0.2, -0.15) is 0 Å². The number of ether oxygens (including phenoxy) is 1. The van der Waals surface area contributed by atoms with Gasteiger partial charge in [-0.1, -0.05) is 12.1 Å². The summed E-state index contributed by atoms with van der Waals surface area (Å²) in [5.74, 6) is -0.153. The molecule has 1 heterocycles. The van der Waals surface area contributed by atoms with E-state index in [0.717, 1.165) is 11.3 Å². The highest BCUT2D eigenvalue weighted by Gasteiger charge is 2.15. The number of imidazole rings is 1. The Balaban J connectivity index is 1.92. The van der Waals surface area contributed by atoms with Crippen molar-refractivity contribution >= 4 is 5.91 Å². The summed E-state index contributed by atoms with van der Waals surface area (Å²) in [6.45, 7) is 3.56. The number of carbonyl (C=O) groups is 1. The van der Waals surface area contributed by atoms with Gasteiger partial charge in [-0.25, -0.2) is 4.98 Å². The molecule has 0 fully saturated rings. The van der Waals surface area contributed by atoms with E-state index in [4.69, 9.17) is 4.74 Å². The number of carbonyl (C=O) groups excluding carboxylic acids is 1. The molecule has 0 aliphatic heterocycles. The smallest absolute Gasteiger partial charge is 0.227 e. The van der Waals surface area contributed by atoms with E-state index in [1.54, 1.807) is 43.9 Å². The third-order valence-electron chi connectivity index (χ3n) is 3.56. The van der Waals surface area contributed by atoms with Crippen LogP contribution in [-0.2, 0) is 22.6 Å². The van der Waals surface area contributed by atoms with Crippen LogP contribution in [0.5, 0.6) is 5.75 Å². The van der Waals surface area contributed by atoms with Gasteiger partial charge in [0.1, 0.15) is 5.75 Å². The second-order valence-electron chi connectivity index (χ2n) is 5.10. The summed E-state index contributed by atoms with van der Waals surface area (Å²) in [5, 5.41) is 12.2. The maximum absolute atomic E-state index is 12.2. The fraction of sp³-hybridized carbons (Fsp3) is 0.375. The first kappa shape index (κ1) is 16.0. The molecule has 2 N–H and O–H groups in total. The van der Waals surface area contributed by atoms with E-state index in [1.165, 1.54) is 0 Å². The molecule has 22 heavy (non-hydrogen) atoms. The van der Waals surface area contributed by atoms with Crippen molar-refractivity contribution in [3.05, 3.63) is 48.0 Å². The van der Waals surface area contributed by atoms with Crippen molar-refractivity contribution in [3.63, 3.8) is 0 Å². The lowest BCUT2D eigenvalue weighted by Gasteiger charge is -2.13. The summed E-state index contributed by atoms with van der Waals surface area (Å²) in [6, 6.07) is 6.67. The van der Waals surface area contributed by atoms with Crippen molar-refractivity contribution in [2.45, 2.75) is 25.9 Å². The van der Waals surface area contributed by atoms with Gasteiger partial charge in [-0.05, 0) is 24.6 Å². The number of nitrogens with zero attached hydrogens (tertiary/aromatic N) is 2. The third kappa shape index (κ3) is 4.08. The van der Waals surface area contributed by atoms with Crippen LogP contribution in [0.2, 0.25) is 0 Å². The zero-order valence-corrected chi connectivity index (χ0v) is 12.8. The minimum absolute atomic E-state index is 0.0646. The van der Waals surface area contributed by atoms with Crippen molar-refractivity contribution in [1.82, 2.24) is 14.9 Å². The number of benzene rings is 1. The van der Waals surface area contributed by atoms with Crippen LogP contribution >= 0.6 is 0 Å². The monoisotopic (exact) mass is 303 g/mol. The number of aromatic hydroxyl groups is 1. The van der Waals surface area contributed by atoms with Crippen molar-refractivity contribution in [3.8, 4) is 5.75 Å². The minimum Gasteiger partial charge on any atom is -0.508 e. The molecular formula is C16H21N3O3. The first-order valence-corrected chi connectivity index (χ1v) is 7.16. The Morgan fingerprint density at radius 2 is 2.14 bits per heavy atom. The Morgan fingerprint density at radius 3 is 2.82 bits per heavy atom. The molecule has 0 spiro atoms. The van der Waals surface area contributed by atoms with E-state index in [2.05, 4.69) is 10.3 Å². The van der Waals surface area contributed by atoms with Crippen LogP contribution in [0.3, 0.4) is 0 Å². The summed E-state index contributed by atoms with van der Waals surface area (Å²) < 4.78 is 7.00. The number of aromatic nitrogens is 2. The molecule has 1 atom stereocenters. The lowest BCUT2D eigenvalue weighted by molar-refractivity contribution is -0.122. The molecule has 0 unspecified atom stereocenters. The molecule has 1 amide bonds. The van der Waals surface area contributed by atoms with Crippen LogP contribution in [0.4, 0.5) is 0 Å². The maximum atomic E-state index is 12.2. The third-order valence-corrected chi connectivity index (χ3v) is 3.56. The first-order valence-electron chi connectivity index (χ1n) is 7.16. The van der Waals surface area contributed by atoms with Crippen LogP contribution in [0, 0.1) is 0 Å². The highest BCUT2D eigenvalue weighted by Crippen LogP contribution is 2.18. The molecule has 0 saturated heterocycles. The molecule has 0 radical (unpaired) electrons. The van der Waals surface area contributed by atoms with Gasteiger partial charge in [0.2, 0.25) is 5.91 Å². The Hall–Kier alpha value is -2.34. The average molecular weight is 303 g/mol. The van der Waals surface area contributed by atoms with Crippen LogP contribution in [0.1, 0.15) is 24.1 Å². The molecule has 2 rings (SSSR count). The molecule has 0 aliphatic rings. The number of hydrogen-bond donors (Lipinski definition) is 2. The van der Waals surface area contributed by atoms with Gasteiger partial charge >= 0.3 is 0 Å². The fourth-order valence-corrected chi connectivity index (χ4v) is 2.13. The van der Waals surface area contributed by atoms with E-state index >= 15 is 0 Å². The normalized spacial score (nSPS) is 12.1. The van der Waals surface area contributed by atoms with Crippen molar-refractivity contribution < 1.29 is 14.6 Å². The van der Waals surface area contributed by atoms with Gasteiger partial charge < -0.3 is 19.7 Å². The Bertz CT molecular complexity index is 607. The second-order valence-corrected chi connectivity index (χ2v) is 5.10. The lowest BCUT2D eigenvalue weighted by atomic mass is 10.0. The largest absolute Gasteiger partial charge is 0.508 e. The molecule has 0 bridgehead atoms. The highest BCUT2D eigenvalue weighted by molar-refractivity contribution is 5.83. The molecule has 0 saturated carbocycles. The topological polar surface area (TPSA) is 76.4 Å². The number of hydrogen-bond acceptors (Lipinski definition) is 4. The number of methoxy groups -OCH3 is 1. The standard InChI is InChI=1S/C16H21N3O3/c1-12(13-3-5-15(20)6-4-13)16(21)18-10-14-9-17-11-19(14)7-8-22-2/h3-6,9,11-12,20H,7-8,10H2,1-2H3,(H,18,21)/t12-/m1/s1. The van der Waals surface area contributed by atoms with E-state index in [-0.39, 0.29) is 17.6 Å². The molecule has 0 aliphatic carbocycles. The maximum Gasteiger partial charge on any atom is 0.227 e. The first-order chi connectivity index (χ1) is 10.6. The molecule has 6 nitrogen and oxygen atoms in total. The van der Waals surface area contributed by atoms with Crippen molar-refractivity contribution in [2.24, 2.45) is 0 Å². The highest BCUT2D eigenvalue weighted by atomic mass is 16.5. The van der Waals surface area contributed by atoms with Crippen LogP contribution in [-0.4, -0.2) is 34.3 Å². The summed E-state index contributed by atoms with van der Waals surface area (Å²) >= 11 is 0. The van der Waals surface area contributed by atoms with Gasteiger partial charge in [0, 0.05) is 19.9 Å². The molecule has 6 heteroatoms. The van der Waals surface area contributed by atoms with Gasteiger partial charge in [0.25, 0.3) is 0 Å². The van der Waals surface area contributed by atoms with E-state index in [9.17, 15) is 9.90 Å². The number of phenolic OH excluding ortho intramolecular Hbond substituents is 1. The van der Waals surface area contributed by atoms with Gasteiger partial charge in [-0.15, -0.1) is 0 Å². The Morgan fingerprint density at radius 1 is 1.41 bits per heavy atom. The van der Waals surface area contributed by atoms with E-state index in [1.807, 2.05) is 11.5 Å². The molecule has 1 aromatic heterocycles. The summed E-state index contributed by atoms with van der Waals surface area (Å²) in [7, 11) is 1.65. The van der Waals surface area contributed by atoms with Gasteiger partial charge in [0.05, 0.1) is 31.1 Å². The quantitative estimate of drug-likeness (QED) is 0.815. The number of amides is 1. The summed E-state index contributed by atoms with van der Waals surface area (Å²) in [5.41, 5.74) is 1.80. The predicted octanol–water partition coefficient (Wildman–Crippen LogP) is 1.65. The van der Waals surface area contributed by atoms with Crippen molar-refractivity contribution in [1.29, 1.82) is 0 Å². The van der Waals surface area contributed by atoms with E-state index in [0.29, 0.717) is 19.7 Å². The molecule has 1 aromatic carbocycles. The lowest BCUT2D eigenvalue weighted by Crippen LogP contribution is -2.28. The average Bonchev–Trinajstić information content (AvgIpc) is 2.98. The second kappa shape index (κ2) is 7.61. The SMILES string of the molecule is COCCn1cncc1CNC(=O)[C@H](C)c1ccc(O)cc1. The van der Waals surface area contributed by atoms with Crippen LogP contribution in [0.15, 0.2) is 36.8 Å². The van der Waals surface area contributed by atoms with E-state index < -0.39 is 0 Å². The molecule has 2 aromatic rings. The molecule has 118 valence electrons. The minimum atomic E-state index is -0.282. The van der Waals surface area contributed by atoms with Crippen LogP contribution < -0.4 is 5.32 Å². The number of nitrogens with one attached hydrogen (secondary N) is 1. The van der Waals surface area contributed by atoms with Crippen molar-refractivity contribution in [2.75, 3.05) is 13.7 Å². The Labute approximate surface area is 129 Å². The predicted molar refractivity (Wildman–Crippen MR) is 82.5 cm³/mol.